The van der Waals surface area contributed by atoms with E-state index in [1.165, 1.54) is 10.9 Å². The topological polar surface area (TPSA) is 238 Å². The molecule has 0 spiro atoms. The van der Waals surface area contributed by atoms with Crippen molar-refractivity contribution in [3.63, 3.8) is 0 Å². The van der Waals surface area contributed by atoms with Crippen molar-refractivity contribution in [2.75, 3.05) is 12.3 Å². The standard InChI is InChI=1S/C10H15N5O10P2.2Na/c11-8-5-9(13-2-12-8)15(3-14-5)10-7(17)6(16)4(24-10)1-23-27(21,22)25-26(18,19)20;;/h2-4,6-7,10,16-17H,1H2,(H,21,22)(H2,11,12,13)(H2,18,19,20);;/q;2*+1/p-2/t4?,6-,7?,10?;;/m0../s1. The van der Waals surface area contributed by atoms with Crippen molar-refractivity contribution in [2.24, 2.45) is 0 Å². The van der Waals surface area contributed by atoms with Crippen LogP contribution in [0.1, 0.15) is 6.23 Å². The van der Waals surface area contributed by atoms with E-state index in [4.69, 9.17) is 15.4 Å². The Morgan fingerprint density at radius 3 is 2.48 bits per heavy atom. The van der Waals surface area contributed by atoms with Crippen LogP contribution in [-0.4, -0.2) is 59.5 Å². The fourth-order valence-corrected chi connectivity index (χ4v) is 4.00. The van der Waals surface area contributed by atoms with Crippen LogP contribution in [0, 0.1) is 0 Å². The number of fused-ring (bicyclic) bond motifs is 1. The molecule has 1 fully saturated rings. The molecule has 29 heavy (non-hydrogen) atoms. The molecule has 1 saturated heterocycles. The Kier molecular flexibility index (Phi) is 9.87. The van der Waals surface area contributed by atoms with Gasteiger partial charge in [-0.1, -0.05) is 0 Å². The van der Waals surface area contributed by atoms with Gasteiger partial charge in [-0.3, -0.25) is 13.7 Å². The quantitative estimate of drug-likeness (QED) is 0.226. The third-order valence-corrected chi connectivity index (χ3v) is 5.69. The molecule has 6 atom stereocenters. The van der Waals surface area contributed by atoms with Crippen LogP contribution >= 0.6 is 15.6 Å². The molecule has 19 heteroatoms. The van der Waals surface area contributed by atoms with Crippen molar-refractivity contribution in [2.45, 2.75) is 24.5 Å². The van der Waals surface area contributed by atoms with E-state index < -0.39 is 46.8 Å². The average molecular weight is 471 g/mol. The molecular formula is C10H13N5Na2O10P2. The zero-order valence-electron chi connectivity index (χ0n) is 15.1. The molecule has 0 amide bonds. The number of aromatic nitrogens is 4. The normalized spacial score (nSPS) is 28.2. The molecule has 3 rings (SSSR count). The monoisotopic (exact) mass is 471 g/mol. The second-order valence-electron chi connectivity index (χ2n) is 5.42. The minimum Gasteiger partial charge on any atom is -0.756 e. The van der Waals surface area contributed by atoms with E-state index in [0.717, 1.165) is 6.33 Å². The van der Waals surface area contributed by atoms with Crippen LogP contribution in [0.5, 0.6) is 0 Å². The molecule has 1 aliphatic rings. The number of phosphoric ester groups is 1. The maximum Gasteiger partial charge on any atom is 1.00 e. The number of aliphatic hydroxyl groups is 2. The summed E-state index contributed by atoms with van der Waals surface area (Å²) in [6.45, 7) is -0.904. The SMILES string of the molecule is Nc1ncnc2c1ncn2C1OC(COP(=O)([O-])OP(=O)([O-])O)[C@H](O)C1O.[Na+].[Na+]. The average Bonchev–Trinajstić information content (AvgIpc) is 3.07. The van der Waals surface area contributed by atoms with Gasteiger partial charge < -0.3 is 39.9 Å². The van der Waals surface area contributed by atoms with Crippen LogP contribution in [0.2, 0.25) is 0 Å². The number of hydrogen-bond donors (Lipinski definition) is 4. The van der Waals surface area contributed by atoms with Crippen LogP contribution in [0.3, 0.4) is 0 Å². The Morgan fingerprint density at radius 1 is 1.21 bits per heavy atom. The number of anilines is 1. The molecule has 1 aliphatic heterocycles. The van der Waals surface area contributed by atoms with Crippen molar-refractivity contribution >= 4 is 32.6 Å². The first kappa shape index (κ1) is 27.5. The molecule has 15 nitrogen and oxygen atoms in total. The molecule has 0 radical (unpaired) electrons. The molecular weight excluding hydrogens is 458 g/mol. The van der Waals surface area contributed by atoms with Gasteiger partial charge in [-0.2, -0.15) is 0 Å². The Bertz CT molecular complexity index is 943. The van der Waals surface area contributed by atoms with E-state index in [1.807, 2.05) is 0 Å². The molecule has 5 N–H and O–H groups in total. The number of ether oxygens (including phenoxy) is 1. The number of nitrogens with two attached hydrogens (primary N) is 1. The minimum absolute atomic E-state index is 0. The Labute approximate surface area is 207 Å². The fourth-order valence-electron chi connectivity index (χ4n) is 2.47. The largest absolute Gasteiger partial charge is 1.00 e. The number of rotatable bonds is 6. The summed E-state index contributed by atoms with van der Waals surface area (Å²) in [6, 6.07) is 0. The van der Waals surface area contributed by atoms with Crippen LogP contribution in [0.4, 0.5) is 5.82 Å². The Morgan fingerprint density at radius 2 is 1.86 bits per heavy atom. The van der Waals surface area contributed by atoms with Crippen molar-refractivity contribution in [1.82, 2.24) is 19.5 Å². The molecule has 0 bridgehead atoms. The van der Waals surface area contributed by atoms with E-state index in [0.29, 0.717) is 0 Å². The summed E-state index contributed by atoms with van der Waals surface area (Å²) in [5.41, 5.74) is 6.06. The van der Waals surface area contributed by atoms with Gasteiger partial charge >= 0.3 is 59.1 Å². The number of aliphatic hydroxyl groups excluding tert-OH is 2. The summed E-state index contributed by atoms with van der Waals surface area (Å²) < 4.78 is 36.1. The van der Waals surface area contributed by atoms with Crippen LogP contribution in [0.25, 0.3) is 11.2 Å². The molecule has 0 saturated carbocycles. The van der Waals surface area contributed by atoms with Crippen LogP contribution in [-0.2, 0) is 22.7 Å². The van der Waals surface area contributed by atoms with Gasteiger partial charge in [0.2, 0.25) is 0 Å². The van der Waals surface area contributed by atoms with Gasteiger partial charge in [-0.15, -0.1) is 0 Å². The summed E-state index contributed by atoms with van der Waals surface area (Å²) >= 11 is 0. The molecule has 0 aromatic carbocycles. The third-order valence-electron chi connectivity index (χ3n) is 3.60. The summed E-state index contributed by atoms with van der Waals surface area (Å²) in [5.74, 6) is 0.0714. The minimum atomic E-state index is -5.60. The molecule has 2 aromatic heterocycles. The number of phosphoric acid groups is 2. The number of nitrogens with zero attached hydrogens (tertiary/aromatic N) is 4. The summed E-state index contributed by atoms with van der Waals surface area (Å²) in [4.78, 5) is 41.9. The van der Waals surface area contributed by atoms with Gasteiger partial charge in [0.1, 0.15) is 30.2 Å². The first-order chi connectivity index (χ1) is 12.5. The number of imidazole rings is 1. The smallest absolute Gasteiger partial charge is 0.756 e. The van der Waals surface area contributed by atoms with Gasteiger partial charge in [-0.25, -0.2) is 19.3 Å². The predicted octanol–water partition coefficient (Wildman–Crippen LogP) is -9.00. The third kappa shape index (κ3) is 6.49. The molecule has 0 aliphatic carbocycles. The van der Waals surface area contributed by atoms with Gasteiger partial charge in [-0.05, 0) is 0 Å². The van der Waals surface area contributed by atoms with Gasteiger partial charge in [0.25, 0.3) is 15.6 Å². The van der Waals surface area contributed by atoms with Gasteiger partial charge in [0.05, 0.1) is 12.9 Å². The first-order valence-corrected chi connectivity index (χ1v) is 10.1. The number of hydrogen-bond acceptors (Lipinski definition) is 13. The Hall–Kier alpha value is 0.490. The molecule has 3 heterocycles. The van der Waals surface area contributed by atoms with Crippen LogP contribution in [0.15, 0.2) is 12.7 Å². The van der Waals surface area contributed by atoms with E-state index in [9.17, 15) is 29.1 Å². The van der Waals surface area contributed by atoms with E-state index >= 15 is 0 Å². The van der Waals surface area contributed by atoms with E-state index in [2.05, 4.69) is 23.8 Å². The fraction of sp³-hybridized carbons (Fsp3) is 0.500. The summed E-state index contributed by atoms with van der Waals surface area (Å²) in [6.07, 6.45) is -3.40. The van der Waals surface area contributed by atoms with Crippen molar-refractivity contribution < 1.29 is 107 Å². The second kappa shape index (κ2) is 10.4. The van der Waals surface area contributed by atoms with Crippen LogP contribution < -0.4 is 74.6 Å². The van der Waals surface area contributed by atoms with Crippen molar-refractivity contribution in [3.8, 4) is 0 Å². The Balaban J connectivity index is 0.00000210. The summed E-state index contributed by atoms with van der Waals surface area (Å²) in [5, 5.41) is 20.2. The zero-order chi connectivity index (χ0) is 20.0. The van der Waals surface area contributed by atoms with Crippen molar-refractivity contribution in [3.05, 3.63) is 12.7 Å². The summed E-state index contributed by atoms with van der Waals surface area (Å²) in [7, 11) is -11.0. The van der Waals surface area contributed by atoms with Gasteiger partial charge in [0.15, 0.2) is 17.7 Å². The predicted molar refractivity (Wildman–Crippen MR) is 80.1 cm³/mol. The number of nitrogen functional groups attached to an aromatic ring is 1. The first-order valence-electron chi connectivity index (χ1n) is 7.14. The maximum atomic E-state index is 11.3. The molecule has 150 valence electrons. The zero-order valence-corrected chi connectivity index (χ0v) is 20.9. The van der Waals surface area contributed by atoms with E-state index in [1.54, 1.807) is 0 Å². The van der Waals surface area contributed by atoms with Gasteiger partial charge in [0, 0.05) is 0 Å². The molecule has 2 aromatic rings. The van der Waals surface area contributed by atoms with Crippen molar-refractivity contribution in [1.29, 1.82) is 0 Å². The van der Waals surface area contributed by atoms with E-state index in [-0.39, 0.29) is 76.1 Å². The molecule has 5 unspecified atom stereocenters. The maximum absolute atomic E-state index is 11.3. The second-order valence-corrected chi connectivity index (χ2v) is 8.17.